The van der Waals surface area contributed by atoms with E-state index < -0.39 is 5.97 Å². The number of hydrogen-bond donors (Lipinski definition) is 1. The Morgan fingerprint density at radius 3 is 2.37 bits per heavy atom. The van der Waals surface area contributed by atoms with Crippen LogP contribution < -0.4 is 5.32 Å². The van der Waals surface area contributed by atoms with E-state index in [1.54, 1.807) is 31.2 Å². The molecule has 0 radical (unpaired) electrons. The number of rotatable bonds is 6. The SMILES string of the molecule is CCOC(=O)c1ccccc1NC(=O)CCN1C(=O)[C@H]2CC=CC[C@H]2C1=O. The Balaban J connectivity index is 1.60. The van der Waals surface area contributed by atoms with Crippen molar-refractivity contribution >= 4 is 29.4 Å². The van der Waals surface area contributed by atoms with Crippen molar-refractivity contribution in [3.05, 3.63) is 42.0 Å². The number of hydrogen-bond acceptors (Lipinski definition) is 5. The van der Waals surface area contributed by atoms with Gasteiger partial charge in [-0.05, 0) is 31.9 Å². The van der Waals surface area contributed by atoms with E-state index in [4.69, 9.17) is 4.74 Å². The second-order valence-electron chi connectivity index (χ2n) is 6.55. The molecule has 1 aliphatic heterocycles. The predicted molar refractivity (Wildman–Crippen MR) is 97.7 cm³/mol. The molecule has 1 aliphatic carbocycles. The molecule has 0 bridgehead atoms. The van der Waals surface area contributed by atoms with Gasteiger partial charge in [0.1, 0.15) is 0 Å². The van der Waals surface area contributed by atoms with Gasteiger partial charge in [0, 0.05) is 13.0 Å². The molecule has 27 heavy (non-hydrogen) atoms. The van der Waals surface area contributed by atoms with Crippen LogP contribution in [0.2, 0.25) is 0 Å². The van der Waals surface area contributed by atoms with Crippen molar-refractivity contribution in [1.29, 1.82) is 0 Å². The molecule has 1 aromatic carbocycles. The lowest BCUT2D eigenvalue weighted by molar-refractivity contribution is -0.140. The number of allylic oxidation sites excluding steroid dienone is 2. The number of carbonyl (C=O) groups excluding carboxylic acids is 4. The van der Waals surface area contributed by atoms with Gasteiger partial charge >= 0.3 is 5.97 Å². The third-order valence-electron chi connectivity index (χ3n) is 4.86. The van der Waals surface area contributed by atoms with Crippen molar-refractivity contribution in [1.82, 2.24) is 4.90 Å². The molecule has 1 fully saturated rings. The zero-order chi connectivity index (χ0) is 19.4. The monoisotopic (exact) mass is 370 g/mol. The zero-order valence-corrected chi connectivity index (χ0v) is 15.1. The lowest BCUT2D eigenvalue weighted by Gasteiger charge is -2.15. The third-order valence-corrected chi connectivity index (χ3v) is 4.86. The summed E-state index contributed by atoms with van der Waals surface area (Å²) in [7, 11) is 0. The topological polar surface area (TPSA) is 92.8 Å². The molecule has 1 N–H and O–H groups in total. The van der Waals surface area contributed by atoms with Gasteiger partial charge in [-0.1, -0.05) is 24.3 Å². The Kier molecular flexibility index (Phi) is 5.69. The Labute approximate surface area is 157 Å². The maximum atomic E-state index is 12.4. The number of imide groups is 1. The van der Waals surface area contributed by atoms with E-state index in [1.807, 2.05) is 12.2 Å². The highest BCUT2D eigenvalue weighted by Gasteiger charge is 2.46. The van der Waals surface area contributed by atoms with E-state index in [1.165, 1.54) is 4.90 Å². The van der Waals surface area contributed by atoms with Crippen molar-refractivity contribution in [2.45, 2.75) is 26.2 Å². The smallest absolute Gasteiger partial charge is 0.340 e. The van der Waals surface area contributed by atoms with Crippen LogP contribution in [0.4, 0.5) is 5.69 Å². The summed E-state index contributed by atoms with van der Waals surface area (Å²) in [4.78, 5) is 50.3. The van der Waals surface area contributed by atoms with Gasteiger partial charge in [0.15, 0.2) is 0 Å². The van der Waals surface area contributed by atoms with Crippen molar-refractivity contribution < 1.29 is 23.9 Å². The second-order valence-corrected chi connectivity index (χ2v) is 6.55. The molecule has 1 aromatic rings. The van der Waals surface area contributed by atoms with Gasteiger partial charge in [-0.25, -0.2) is 4.79 Å². The number of likely N-dealkylation sites (tertiary alicyclic amines) is 1. The summed E-state index contributed by atoms with van der Waals surface area (Å²) < 4.78 is 4.98. The highest BCUT2D eigenvalue weighted by atomic mass is 16.5. The van der Waals surface area contributed by atoms with Crippen LogP contribution >= 0.6 is 0 Å². The number of fused-ring (bicyclic) bond motifs is 1. The van der Waals surface area contributed by atoms with Gasteiger partial charge in [0.2, 0.25) is 17.7 Å². The van der Waals surface area contributed by atoms with Gasteiger partial charge in [-0.3, -0.25) is 19.3 Å². The van der Waals surface area contributed by atoms with E-state index in [0.29, 0.717) is 18.5 Å². The molecule has 2 aliphatic rings. The maximum absolute atomic E-state index is 12.4. The summed E-state index contributed by atoms with van der Waals surface area (Å²) in [6.45, 7) is 1.98. The molecular weight excluding hydrogens is 348 g/mol. The van der Waals surface area contributed by atoms with Gasteiger partial charge < -0.3 is 10.1 Å². The number of anilines is 1. The van der Waals surface area contributed by atoms with Crippen molar-refractivity contribution in [3.63, 3.8) is 0 Å². The minimum absolute atomic E-state index is 0.0263. The van der Waals surface area contributed by atoms with Crippen LogP contribution in [0.5, 0.6) is 0 Å². The lowest BCUT2D eigenvalue weighted by Crippen LogP contribution is -2.34. The summed E-state index contributed by atoms with van der Waals surface area (Å²) in [6, 6.07) is 6.55. The standard InChI is InChI=1S/C20H22N2O5/c1-2-27-20(26)15-9-5-6-10-16(15)21-17(23)11-12-22-18(24)13-7-3-4-8-14(13)19(22)25/h3-6,9-10,13-14H,2,7-8,11-12H2,1H3,(H,21,23)/t13-,14+. The Morgan fingerprint density at radius 2 is 1.74 bits per heavy atom. The number of benzene rings is 1. The first kappa shape index (κ1) is 18.8. The third kappa shape index (κ3) is 3.92. The highest BCUT2D eigenvalue weighted by Crippen LogP contribution is 2.35. The van der Waals surface area contributed by atoms with E-state index in [9.17, 15) is 19.2 Å². The van der Waals surface area contributed by atoms with Gasteiger partial charge in [-0.2, -0.15) is 0 Å². The summed E-state index contributed by atoms with van der Waals surface area (Å²) in [5.74, 6) is -1.89. The van der Waals surface area contributed by atoms with Crippen molar-refractivity contribution in [2.75, 3.05) is 18.5 Å². The number of esters is 1. The average molecular weight is 370 g/mol. The molecule has 0 aromatic heterocycles. The molecule has 142 valence electrons. The van der Waals surface area contributed by atoms with Gasteiger partial charge in [0.05, 0.1) is 29.7 Å². The first-order chi connectivity index (χ1) is 13.0. The molecule has 2 atom stereocenters. The van der Waals surface area contributed by atoms with E-state index in [2.05, 4.69) is 5.32 Å². The van der Waals surface area contributed by atoms with Gasteiger partial charge in [-0.15, -0.1) is 0 Å². The molecular formula is C20H22N2O5. The summed E-state index contributed by atoms with van der Waals surface area (Å²) in [6.07, 6.45) is 4.97. The van der Waals surface area contributed by atoms with E-state index >= 15 is 0 Å². The zero-order valence-electron chi connectivity index (χ0n) is 15.1. The van der Waals surface area contributed by atoms with Crippen molar-refractivity contribution in [2.24, 2.45) is 11.8 Å². The fourth-order valence-corrected chi connectivity index (χ4v) is 3.49. The summed E-state index contributed by atoms with van der Waals surface area (Å²) in [5.41, 5.74) is 0.607. The van der Waals surface area contributed by atoms with Gasteiger partial charge in [0.25, 0.3) is 0 Å². The molecule has 1 heterocycles. The first-order valence-corrected chi connectivity index (χ1v) is 9.09. The first-order valence-electron chi connectivity index (χ1n) is 9.09. The van der Waals surface area contributed by atoms with Crippen LogP contribution in [0.25, 0.3) is 0 Å². The fourth-order valence-electron chi connectivity index (χ4n) is 3.49. The van der Waals surface area contributed by atoms with Crippen molar-refractivity contribution in [3.8, 4) is 0 Å². The Bertz CT molecular complexity index is 775. The van der Waals surface area contributed by atoms with E-state index in [-0.39, 0.29) is 54.7 Å². The predicted octanol–water partition coefficient (Wildman–Crippen LogP) is 2.14. The largest absolute Gasteiger partial charge is 0.462 e. The molecule has 3 rings (SSSR count). The fraction of sp³-hybridized carbons (Fsp3) is 0.400. The number of ether oxygens (including phenoxy) is 1. The van der Waals surface area contributed by atoms with Crippen LogP contribution in [0.1, 0.15) is 36.5 Å². The Hall–Kier alpha value is -2.96. The molecule has 0 unspecified atom stereocenters. The minimum atomic E-state index is -0.519. The average Bonchev–Trinajstić information content (AvgIpc) is 2.91. The van der Waals surface area contributed by atoms with E-state index in [0.717, 1.165) is 0 Å². The lowest BCUT2D eigenvalue weighted by atomic mass is 9.85. The summed E-state index contributed by atoms with van der Waals surface area (Å²) in [5, 5.41) is 2.66. The summed E-state index contributed by atoms with van der Waals surface area (Å²) >= 11 is 0. The van der Waals surface area contributed by atoms with Crippen LogP contribution in [-0.2, 0) is 19.1 Å². The number of amides is 3. The normalized spacial score (nSPS) is 21.1. The number of nitrogens with zero attached hydrogens (tertiary/aromatic N) is 1. The molecule has 0 spiro atoms. The Morgan fingerprint density at radius 1 is 1.11 bits per heavy atom. The molecule has 3 amide bonds. The number of carbonyl (C=O) groups is 4. The highest BCUT2D eigenvalue weighted by molar-refractivity contribution is 6.06. The molecule has 0 saturated carbocycles. The van der Waals surface area contributed by atoms with Crippen LogP contribution in [0.15, 0.2) is 36.4 Å². The van der Waals surface area contributed by atoms with Crippen LogP contribution in [0, 0.1) is 11.8 Å². The molecule has 7 nitrogen and oxygen atoms in total. The van der Waals surface area contributed by atoms with Crippen LogP contribution in [0.3, 0.4) is 0 Å². The number of nitrogens with one attached hydrogen (secondary N) is 1. The minimum Gasteiger partial charge on any atom is -0.462 e. The van der Waals surface area contributed by atoms with Crippen LogP contribution in [-0.4, -0.2) is 41.7 Å². The number of para-hydroxylation sites is 1. The second kappa shape index (κ2) is 8.16. The quantitative estimate of drug-likeness (QED) is 0.470. The molecule has 7 heteroatoms. The maximum Gasteiger partial charge on any atom is 0.340 e. The molecule has 1 saturated heterocycles.